The molecule has 0 saturated heterocycles. The standard InChI is InChI=1S/C17H16N4O2/c1-23-16(12-7-3-2-4-8-12)17(22)20-14-11-19-21-15(14)13-9-5-6-10-18-13/h2-11,16H,1H3,(H,19,21)(H,20,22). The number of aromatic nitrogens is 3. The number of carbonyl (C=O) groups is 1. The van der Waals surface area contributed by atoms with E-state index in [2.05, 4.69) is 20.5 Å². The molecular formula is C17H16N4O2. The number of rotatable bonds is 5. The minimum atomic E-state index is -0.692. The van der Waals surface area contributed by atoms with Gasteiger partial charge in [0.25, 0.3) is 5.91 Å². The Balaban J connectivity index is 1.82. The van der Waals surface area contributed by atoms with Crippen molar-refractivity contribution in [2.45, 2.75) is 6.10 Å². The highest BCUT2D eigenvalue weighted by Crippen LogP contribution is 2.25. The first-order valence-electron chi connectivity index (χ1n) is 7.13. The lowest BCUT2D eigenvalue weighted by atomic mass is 10.1. The number of amides is 1. The van der Waals surface area contributed by atoms with Crippen molar-refractivity contribution in [3.8, 4) is 11.4 Å². The number of benzene rings is 1. The highest BCUT2D eigenvalue weighted by Gasteiger charge is 2.21. The lowest BCUT2D eigenvalue weighted by Gasteiger charge is -2.15. The van der Waals surface area contributed by atoms with E-state index in [-0.39, 0.29) is 5.91 Å². The first kappa shape index (κ1) is 14.9. The van der Waals surface area contributed by atoms with Crippen LogP contribution in [0.4, 0.5) is 5.69 Å². The van der Waals surface area contributed by atoms with Gasteiger partial charge in [0, 0.05) is 13.3 Å². The molecule has 1 atom stereocenters. The molecule has 0 radical (unpaired) electrons. The van der Waals surface area contributed by atoms with Gasteiger partial charge in [0.05, 0.1) is 17.6 Å². The van der Waals surface area contributed by atoms with Gasteiger partial charge in [-0.15, -0.1) is 0 Å². The number of ether oxygens (including phenoxy) is 1. The number of H-pyrrole nitrogens is 1. The van der Waals surface area contributed by atoms with Crippen LogP contribution in [0, 0.1) is 0 Å². The number of methoxy groups -OCH3 is 1. The molecule has 0 saturated carbocycles. The van der Waals surface area contributed by atoms with Crippen LogP contribution in [0.5, 0.6) is 0 Å². The summed E-state index contributed by atoms with van der Waals surface area (Å²) in [6, 6.07) is 14.9. The number of nitrogens with one attached hydrogen (secondary N) is 2. The summed E-state index contributed by atoms with van der Waals surface area (Å²) in [4.78, 5) is 16.8. The molecule has 6 heteroatoms. The Labute approximate surface area is 133 Å². The molecule has 0 aliphatic rings. The molecule has 1 amide bonds. The first-order chi connectivity index (χ1) is 11.3. The monoisotopic (exact) mass is 308 g/mol. The third-order valence-electron chi connectivity index (χ3n) is 3.39. The number of hydrogen-bond acceptors (Lipinski definition) is 4. The largest absolute Gasteiger partial charge is 0.367 e. The topological polar surface area (TPSA) is 79.9 Å². The second kappa shape index (κ2) is 6.85. The Bertz CT molecular complexity index is 772. The van der Waals surface area contributed by atoms with Gasteiger partial charge in [-0.2, -0.15) is 5.10 Å². The average Bonchev–Trinajstić information content (AvgIpc) is 3.05. The fraction of sp³-hybridized carbons (Fsp3) is 0.118. The van der Waals surface area contributed by atoms with Crippen LogP contribution >= 0.6 is 0 Å². The Morgan fingerprint density at radius 3 is 2.65 bits per heavy atom. The molecule has 3 rings (SSSR count). The minimum Gasteiger partial charge on any atom is -0.367 e. The number of aromatic amines is 1. The van der Waals surface area contributed by atoms with E-state index >= 15 is 0 Å². The predicted molar refractivity (Wildman–Crippen MR) is 86.6 cm³/mol. The van der Waals surface area contributed by atoms with Crippen LogP contribution in [-0.4, -0.2) is 28.2 Å². The molecule has 6 nitrogen and oxygen atoms in total. The van der Waals surface area contributed by atoms with Crippen molar-refractivity contribution in [2.24, 2.45) is 0 Å². The molecule has 0 fully saturated rings. The van der Waals surface area contributed by atoms with E-state index in [0.29, 0.717) is 17.1 Å². The third kappa shape index (κ3) is 3.27. The Morgan fingerprint density at radius 2 is 1.96 bits per heavy atom. The van der Waals surface area contributed by atoms with E-state index in [1.54, 1.807) is 12.4 Å². The van der Waals surface area contributed by atoms with Crippen LogP contribution < -0.4 is 5.32 Å². The fourth-order valence-corrected chi connectivity index (χ4v) is 2.31. The van der Waals surface area contributed by atoms with Gasteiger partial charge >= 0.3 is 0 Å². The number of anilines is 1. The van der Waals surface area contributed by atoms with Crippen molar-refractivity contribution >= 4 is 11.6 Å². The van der Waals surface area contributed by atoms with Crippen LogP contribution in [-0.2, 0) is 9.53 Å². The second-order valence-electron chi connectivity index (χ2n) is 4.89. The maximum absolute atomic E-state index is 12.5. The summed E-state index contributed by atoms with van der Waals surface area (Å²) in [5.74, 6) is -0.266. The van der Waals surface area contributed by atoms with E-state index in [1.807, 2.05) is 48.5 Å². The Morgan fingerprint density at radius 1 is 1.17 bits per heavy atom. The molecule has 3 aromatic rings. The van der Waals surface area contributed by atoms with E-state index < -0.39 is 6.10 Å². The zero-order chi connectivity index (χ0) is 16.1. The number of hydrogen-bond donors (Lipinski definition) is 2. The van der Waals surface area contributed by atoms with Crippen LogP contribution in [0.3, 0.4) is 0 Å². The first-order valence-corrected chi connectivity index (χ1v) is 7.13. The fourth-order valence-electron chi connectivity index (χ4n) is 2.31. The number of nitrogens with zero attached hydrogens (tertiary/aromatic N) is 2. The summed E-state index contributed by atoms with van der Waals surface area (Å²) in [5.41, 5.74) is 2.71. The normalized spacial score (nSPS) is 11.9. The molecule has 116 valence electrons. The molecular weight excluding hydrogens is 292 g/mol. The van der Waals surface area contributed by atoms with E-state index in [4.69, 9.17) is 4.74 Å². The zero-order valence-corrected chi connectivity index (χ0v) is 12.6. The molecule has 1 unspecified atom stereocenters. The van der Waals surface area contributed by atoms with Crippen molar-refractivity contribution < 1.29 is 9.53 Å². The van der Waals surface area contributed by atoms with Crippen LogP contribution in [0.15, 0.2) is 60.9 Å². The summed E-state index contributed by atoms with van der Waals surface area (Å²) in [5, 5.41) is 9.69. The lowest BCUT2D eigenvalue weighted by Crippen LogP contribution is -2.22. The van der Waals surface area contributed by atoms with Crippen LogP contribution in [0.1, 0.15) is 11.7 Å². The molecule has 2 N–H and O–H groups in total. The number of carbonyl (C=O) groups excluding carboxylic acids is 1. The number of pyridine rings is 1. The maximum Gasteiger partial charge on any atom is 0.258 e. The Hall–Kier alpha value is -2.99. The van der Waals surface area contributed by atoms with E-state index in [9.17, 15) is 4.79 Å². The summed E-state index contributed by atoms with van der Waals surface area (Å²) < 4.78 is 5.33. The predicted octanol–water partition coefficient (Wildman–Crippen LogP) is 2.80. The highest BCUT2D eigenvalue weighted by molar-refractivity contribution is 5.97. The molecule has 23 heavy (non-hydrogen) atoms. The van der Waals surface area contributed by atoms with E-state index in [0.717, 1.165) is 5.56 Å². The average molecular weight is 308 g/mol. The summed E-state index contributed by atoms with van der Waals surface area (Å²) in [6.45, 7) is 0. The minimum absolute atomic E-state index is 0.266. The highest BCUT2D eigenvalue weighted by atomic mass is 16.5. The van der Waals surface area contributed by atoms with Gasteiger partial charge in [-0.1, -0.05) is 36.4 Å². The molecule has 0 spiro atoms. The third-order valence-corrected chi connectivity index (χ3v) is 3.39. The molecule has 0 aliphatic heterocycles. The van der Waals surface area contributed by atoms with Crippen LogP contribution in [0.25, 0.3) is 11.4 Å². The smallest absolute Gasteiger partial charge is 0.258 e. The summed E-state index contributed by atoms with van der Waals surface area (Å²) in [7, 11) is 1.51. The van der Waals surface area contributed by atoms with Gasteiger partial charge in [0.2, 0.25) is 0 Å². The maximum atomic E-state index is 12.5. The summed E-state index contributed by atoms with van der Waals surface area (Å²) in [6.07, 6.45) is 2.55. The van der Waals surface area contributed by atoms with Gasteiger partial charge in [0.1, 0.15) is 5.69 Å². The van der Waals surface area contributed by atoms with Crippen molar-refractivity contribution in [3.63, 3.8) is 0 Å². The second-order valence-corrected chi connectivity index (χ2v) is 4.89. The molecule has 2 heterocycles. The van der Waals surface area contributed by atoms with Gasteiger partial charge in [-0.05, 0) is 17.7 Å². The zero-order valence-electron chi connectivity index (χ0n) is 12.6. The molecule has 0 bridgehead atoms. The van der Waals surface area contributed by atoms with Gasteiger partial charge in [0.15, 0.2) is 6.10 Å². The van der Waals surface area contributed by atoms with Crippen molar-refractivity contribution in [1.82, 2.24) is 15.2 Å². The molecule has 0 aliphatic carbocycles. The van der Waals surface area contributed by atoms with Gasteiger partial charge in [-0.25, -0.2) is 0 Å². The SMILES string of the molecule is COC(C(=O)Nc1cn[nH]c1-c1ccccn1)c1ccccc1. The Kier molecular flexibility index (Phi) is 4.44. The van der Waals surface area contributed by atoms with Gasteiger partial charge in [-0.3, -0.25) is 14.9 Å². The van der Waals surface area contributed by atoms with Crippen LogP contribution in [0.2, 0.25) is 0 Å². The van der Waals surface area contributed by atoms with Crippen molar-refractivity contribution in [1.29, 1.82) is 0 Å². The lowest BCUT2D eigenvalue weighted by molar-refractivity contribution is -0.126. The molecule has 1 aromatic carbocycles. The quantitative estimate of drug-likeness (QED) is 0.759. The van der Waals surface area contributed by atoms with Crippen molar-refractivity contribution in [2.75, 3.05) is 12.4 Å². The van der Waals surface area contributed by atoms with Crippen molar-refractivity contribution in [3.05, 3.63) is 66.5 Å². The van der Waals surface area contributed by atoms with Gasteiger partial charge < -0.3 is 10.1 Å². The van der Waals surface area contributed by atoms with E-state index in [1.165, 1.54) is 7.11 Å². The molecule has 2 aromatic heterocycles. The summed E-state index contributed by atoms with van der Waals surface area (Å²) >= 11 is 0.